The van der Waals surface area contributed by atoms with Crippen LogP contribution in [0.1, 0.15) is 20.8 Å². The van der Waals surface area contributed by atoms with Gasteiger partial charge in [-0.15, -0.1) is 10.2 Å². The zero-order chi connectivity index (χ0) is 17.1. The van der Waals surface area contributed by atoms with E-state index in [1.807, 2.05) is 18.2 Å². The number of fused-ring (bicyclic) bond motifs is 1. The third-order valence-electron chi connectivity index (χ3n) is 3.36. The molecule has 0 fully saturated rings. The molecule has 1 N–H and O–H groups in total. The first-order valence-corrected chi connectivity index (χ1v) is 7.38. The quantitative estimate of drug-likeness (QED) is 0.739. The molecule has 0 aliphatic heterocycles. The fourth-order valence-corrected chi connectivity index (χ4v) is 2.31. The summed E-state index contributed by atoms with van der Waals surface area (Å²) >= 11 is 6.07. The molecule has 3 rings (SSSR count). The number of anilines is 1. The van der Waals surface area contributed by atoms with Gasteiger partial charge < -0.3 is 10.1 Å². The van der Waals surface area contributed by atoms with Crippen LogP contribution in [0.4, 0.5) is 5.69 Å². The van der Waals surface area contributed by atoms with Crippen molar-refractivity contribution in [3.8, 4) is 0 Å². The van der Waals surface area contributed by atoms with Crippen molar-refractivity contribution in [3.05, 3.63) is 64.8 Å². The van der Waals surface area contributed by atoms with E-state index in [1.165, 1.54) is 25.3 Å². The summed E-state index contributed by atoms with van der Waals surface area (Å²) in [6.45, 7) is 0. The highest BCUT2D eigenvalue weighted by Gasteiger charge is 2.14. The van der Waals surface area contributed by atoms with Gasteiger partial charge >= 0.3 is 5.97 Å². The number of aromatic nitrogens is 2. The van der Waals surface area contributed by atoms with E-state index in [-0.39, 0.29) is 11.3 Å². The first-order valence-electron chi connectivity index (χ1n) is 7.00. The van der Waals surface area contributed by atoms with Gasteiger partial charge in [-0.2, -0.15) is 0 Å². The van der Waals surface area contributed by atoms with Crippen molar-refractivity contribution < 1.29 is 14.3 Å². The van der Waals surface area contributed by atoms with E-state index in [4.69, 9.17) is 11.6 Å². The number of hydrogen-bond acceptors (Lipinski definition) is 5. The first-order chi connectivity index (χ1) is 11.6. The Bertz CT molecular complexity index is 943. The zero-order valence-electron chi connectivity index (χ0n) is 12.6. The van der Waals surface area contributed by atoms with Crippen LogP contribution in [-0.2, 0) is 4.74 Å². The lowest BCUT2D eigenvalue weighted by atomic mass is 10.2. The zero-order valence-corrected chi connectivity index (χ0v) is 13.4. The molecule has 0 unspecified atom stereocenters. The fraction of sp³-hybridized carbons (Fsp3) is 0.0588. The number of esters is 1. The lowest BCUT2D eigenvalue weighted by Gasteiger charge is -2.08. The molecule has 0 bridgehead atoms. The molecule has 120 valence electrons. The van der Waals surface area contributed by atoms with Gasteiger partial charge in [-0.05, 0) is 30.3 Å². The summed E-state index contributed by atoms with van der Waals surface area (Å²) in [7, 11) is 1.28. The van der Waals surface area contributed by atoms with Crippen molar-refractivity contribution in [2.75, 3.05) is 12.4 Å². The Morgan fingerprint density at radius 3 is 2.67 bits per heavy atom. The van der Waals surface area contributed by atoms with E-state index in [1.54, 1.807) is 12.1 Å². The Labute approximate surface area is 142 Å². The minimum atomic E-state index is -0.521. The number of nitrogens with zero attached hydrogens (tertiary/aromatic N) is 2. The van der Waals surface area contributed by atoms with Crippen LogP contribution < -0.4 is 5.32 Å². The Hall–Kier alpha value is -2.99. The molecular formula is C17H12ClN3O3. The van der Waals surface area contributed by atoms with Crippen LogP contribution in [0.5, 0.6) is 0 Å². The van der Waals surface area contributed by atoms with E-state index >= 15 is 0 Å². The van der Waals surface area contributed by atoms with Crippen LogP contribution in [0, 0.1) is 0 Å². The van der Waals surface area contributed by atoms with Gasteiger partial charge in [0.15, 0.2) is 5.69 Å². The Balaban J connectivity index is 1.89. The number of ether oxygens (including phenoxy) is 1. The summed E-state index contributed by atoms with van der Waals surface area (Å²) in [6, 6.07) is 13.4. The average molecular weight is 342 g/mol. The maximum Gasteiger partial charge on any atom is 0.337 e. The molecule has 0 spiro atoms. The fourth-order valence-electron chi connectivity index (χ4n) is 2.15. The van der Waals surface area contributed by atoms with Crippen molar-refractivity contribution in [1.82, 2.24) is 10.2 Å². The molecule has 6 nitrogen and oxygen atoms in total. The number of benzene rings is 2. The second-order valence-electron chi connectivity index (χ2n) is 4.93. The Morgan fingerprint density at radius 1 is 1.08 bits per heavy atom. The highest BCUT2D eigenvalue weighted by Crippen LogP contribution is 2.24. The summed E-state index contributed by atoms with van der Waals surface area (Å²) in [6.07, 6.45) is 0. The molecule has 2 aromatic carbocycles. The summed E-state index contributed by atoms with van der Waals surface area (Å²) in [5.41, 5.74) is 1.41. The molecule has 3 aromatic rings. The second-order valence-corrected chi connectivity index (χ2v) is 5.34. The van der Waals surface area contributed by atoms with Crippen LogP contribution >= 0.6 is 11.6 Å². The third-order valence-corrected chi connectivity index (χ3v) is 3.69. The van der Waals surface area contributed by atoms with E-state index in [0.29, 0.717) is 16.2 Å². The van der Waals surface area contributed by atoms with Crippen molar-refractivity contribution >= 4 is 40.1 Å². The lowest BCUT2D eigenvalue weighted by molar-refractivity contribution is 0.0600. The Kier molecular flexibility index (Phi) is 4.39. The van der Waals surface area contributed by atoms with Gasteiger partial charge in [0.1, 0.15) is 0 Å². The van der Waals surface area contributed by atoms with Crippen LogP contribution in [0.15, 0.2) is 48.5 Å². The largest absolute Gasteiger partial charge is 0.465 e. The molecule has 0 atom stereocenters. The predicted octanol–water partition coefficient (Wildman–Crippen LogP) is 3.32. The molecule has 7 heteroatoms. The molecule has 0 saturated heterocycles. The van der Waals surface area contributed by atoms with Gasteiger partial charge in [-0.3, -0.25) is 4.79 Å². The summed E-state index contributed by atoms with van der Waals surface area (Å²) < 4.78 is 4.65. The average Bonchev–Trinajstić information content (AvgIpc) is 2.62. The topological polar surface area (TPSA) is 81.2 Å². The molecular weight excluding hydrogens is 330 g/mol. The van der Waals surface area contributed by atoms with E-state index < -0.39 is 11.9 Å². The van der Waals surface area contributed by atoms with Gasteiger partial charge in [-0.1, -0.05) is 29.8 Å². The molecule has 0 saturated carbocycles. The number of amides is 1. The summed E-state index contributed by atoms with van der Waals surface area (Å²) in [4.78, 5) is 24.0. The van der Waals surface area contributed by atoms with Gasteiger partial charge in [0.05, 0.1) is 28.9 Å². The Morgan fingerprint density at radius 2 is 1.88 bits per heavy atom. The maximum absolute atomic E-state index is 12.4. The van der Waals surface area contributed by atoms with Gasteiger partial charge in [-0.25, -0.2) is 4.79 Å². The minimum Gasteiger partial charge on any atom is -0.465 e. The summed E-state index contributed by atoms with van der Waals surface area (Å²) in [5.74, 6) is -0.996. The standard InChI is InChI=1S/C17H12ClN3O3/c1-24-17(23)11-6-7-12(18)14(9-11)19-16(22)15-8-10-4-2-3-5-13(10)20-21-15/h2-9H,1H3,(H,19,22). The van der Waals surface area contributed by atoms with Crippen molar-refractivity contribution in [2.24, 2.45) is 0 Å². The van der Waals surface area contributed by atoms with E-state index in [9.17, 15) is 9.59 Å². The lowest BCUT2D eigenvalue weighted by Crippen LogP contribution is -2.15. The molecule has 0 radical (unpaired) electrons. The smallest absolute Gasteiger partial charge is 0.337 e. The molecule has 24 heavy (non-hydrogen) atoms. The predicted molar refractivity (Wildman–Crippen MR) is 90.3 cm³/mol. The van der Waals surface area contributed by atoms with Gasteiger partial charge in [0.2, 0.25) is 0 Å². The monoisotopic (exact) mass is 341 g/mol. The highest BCUT2D eigenvalue weighted by molar-refractivity contribution is 6.34. The number of nitrogens with one attached hydrogen (secondary N) is 1. The molecule has 1 heterocycles. The van der Waals surface area contributed by atoms with Crippen molar-refractivity contribution in [3.63, 3.8) is 0 Å². The van der Waals surface area contributed by atoms with Crippen molar-refractivity contribution in [1.29, 1.82) is 0 Å². The number of carbonyl (C=O) groups excluding carboxylic acids is 2. The van der Waals surface area contributed by atoms with Crippen molar-refractivity contribution in [2.45, 2.75) is 0 Å². The van der Waals surface area contributed by atoms with Crippen LogP contribution in [0.25, 0.3) is 10.9 Å². The summed E-state index contributed by atoms with van der Waals surface area (Å²) in [5, 5.41) is 11.6. The maximum atomic E-state index is 12.4. The number of hydrogen-bond donors (Lipinski definition) is 1. The number of rotatable bonds is 3. The molecule has 1 aromatic heterocycles. The van der Waals surface area contributed by atoms with Crippen LogP contribution in [0.2, 0.25) is 5.02 Å². The number of methoxy groups -OCH3 is 1. The van der Waals surface area contributed by atoms with Crippen LogP contribution in [0.3, 0.4) is 0 Å². The number of carbonyl (C=O) groups is 2. The minimum absolute atomic E-state index is 0.147. The normalized spacial score (nSPS) is 10.4. The molecule has 0 aliphatic rings. The number of halogens is 1. The van der Waals surface area contributed by atoms with E-state index in [0.717, 1.165) is 5.39 Å². The molecule has 0 aliphatic carbocycles. The highest BCUT2D eigenvalue weighted by atomic mass is 35.5. The van der Waals surface area contributed by atoms with Crippen LogP contribution in [-0.4, -0.2) is 29.2 Å². The molecule has 1 amide bonds. The SMILES string of the molecule is COC(=O)c1ccc(Cl)c(NC(=O)c2cc3ccccc3nn2)c1. The van der Waals surface area contributed by atoms with Gasteiger partial charge in [0.25, 0.3) is 5.91 Å². The van der Waals surface area contributed by atoms with Gasteiger partial charge in [0, 0.05) is 5.39 Å². The first kappa shape index (κ1) is 15.9. The third kappa shape index (κ3) is 3.18. The van der Waals surface area contributed by atoms with E-state index in [2.05, 4.69) is 20.3 Å². The second kappa shape index (κ2) is 6.64.